The molecule has 1 heterocycles. The average Bonchev–Trinajstić information content (AvgIpc) is 2.45. The second kappa shape index (κ2) is 3.02. The maximum Gasteiger partial charge on any atom is 0.354 e. The van der Waals surface area contributed by atoms with Gasteiger partial charge < -0.3 is 15.8 Å². The van der Waals surface area contributed by atoms with E-state index in [1.807, 2.05) is 12.1 Å². The van der Waals surface area contributed by atoms with Crippen molar-refractivity contribution in [1.82, 2.24) is 4.98 Å². The van der Waals surface area contributed by atoms with Crippen molar-refractivity contribution < 1.29 is 9.90 Å². The second-order valence-electron chi connectivity index (χ2n) is 2.88. The molecule has 4 nitrogen and oxygen atoms in total. The Morgan fingerprint density at radius 3 is 2.79 bits per heavy atom. The van der Waals surface area contributed by atoms with Crippen LogP contribution in [-0.4, -0.2) is 16.1 Å². The molecule has 1 aromatic carbocycles. The molecule has 0 bridgehead atoms. The second-order valence-corrected chi connectivity index (χ2v) is 3.74. The summed E-state index contributed by atoms with van der Waals surface area (Å²) in [5.41, 5.74) is 6.71. The number of halogens is 1. The zero-order chi connectivity index (χ0) is 10.3. The molecular formula is C9H7BrN2O2. The summed E-state index contributed by atoms with van der Waals surface area (Å²) < 4.78 is 0.788. The number of aromatic carboxylic acids is 1. The van der Waals surface area contributed by atoms with Gasteiger partial charge in [0.05, 0.1) is 5.69 Å². The Bertz CT molecular complexity index is 519. The average molecular weight is 255 g/mol. The van der Waals surface area contributed by atoms with Gasteiger partial charge in [0.25, 0.3) is 0 Å². The van der Waals surface area contributed by atoms with E-state index < -0.39 is 5.97 Å². The van der Waals surface area contributed by atoms with Crippen molar-refractivity contribution in [2.45, 2.75) is 0 Å². The maximum absolute atomic E-state index is 10.8. The lowest BCUT2D eigenvalue weighted by Crippen LogP contribution is -2.00. The lowest BCUT2D eigenvalue weighted by Gasteiger charge is -1.94. The third-order valence-electron chi connectivity index (χ3n) is 2.03. The summed E-state index contributed by atoms with van der Waals surface area (Å²) in [4.78, 5) is 13.5. The number of H-pyrrole nitrogens is 1. The van der Waals surface area contributed by atoms with Crippen LogP contribution in [0.25, 0.3) is 10.9 Å². The predicted molar refractivity (Wildman–Crippen MR) is 57.4 cm³/mol. The van der Waals surface area contributed by atoms with Gasteiger partial charge in [-0.1, -0.05) is 22.0 Å². The first-order valence-electron chi connectivity index (χ1n) is 3.90. The molecule has 0 saturated carbocycles. The molecular weight excluding hydrogens is 248 g/mol. The van der Waals surface area contributed by atoms with Crippen molar-refractivity contribution in [1.29, 1.82) is 0 Å². The van der Waals surface area contributed by atoms with E-state index in [0.717, 1.165) is 4.47 Å². The molecule has 0 amide bonds. The quantitative estimate of drug-likeness (QED) is 0.730. The first-order chi connectivity index (χ1) is 6.61. The van der Waals surface area contributed by atoms with Crippen LogP contribution in [0.4, 0.5) is 5.69 Å². The highest BCUT2D eigenvalue weighted by Gasteiger charge is 2.15. The van der Waals surface area contributed by atoms with E-state index in [9.17, 15) is 4.79 Å². The summed E-state index contributed by atoms with van der Waals surface area (Å²) in [6.45, 7) is 0. The van der Waals surface area contributed by atoms with Crippen LogP contribution in [0.3, 0.4) is 0 Å². The fraction of sp³-hybridized carbons (Fsp3) is 0. The van der Waals surface area contributed by atoms with E-state index in [2.05, 4.69) is 20.9 Å². The highest BCUT2D eigenvalue weighted by Crippen LogP contribution is 2.31. The normalized spacial score (nSPS) is 10.6. The van der Waals surface area contributed by atoms with E-state index in [1.165, 1.54) is 0 Å². The van der Waals surface area contributed by atoms with Crippen LogP contribution in [0.15, 0.2) is 22.7 Å². The van der Waals surface area contributed by atoms with Crippen LogP contribution in [-0.2, 0) is 0 Å². The van der Waals surface area contributed by atoms with Crippen molar-refractivity contribution in [3.63, 3.8) is 0 Å². The number of fused-ring (bicyclic) bond motifs is 1. The van der Waals surface area contributed by atoms with Gasteiger partial charge >= 0.3 is 5.97 Å². The van der Waals surface area contributed by atoms with Crippen molar-refractivity contribution >= 4 is 38.5 Å². The first kappa shape index (κ1) is 9.08. The fourth-order valence-electron chi connectivity index (χ4n) is 1.40. The van der Waals surface area contributed by atoms with Crippen molar-refractivity contribution in [3.05, 3.63) is 28.4 Å². The predicted octanol–water partition coefficient (Wildman–Crippen LogP) is 2.21. The van der Waals surface area contributed by atoms with Gasteiger partial charge in [-0.25, -0.2) is 4.79 Å². The van der Waals surface area contributed by atoms with Crippen molar-refractivity contribution in [3.8, 4) is 0 Å². The molecule has 0 fully saturated rings. The Balaban J connectivity index is 2.87. The minimum absolute atomic E-state index is 0.0342. The van der Waals surface area contributed by atoms with Crippen LogP contribution in [0.2, 0.25) is 0 Å². The van der Waals surface area contributed by atoms with Gasteiger partial charge in [-0.05, 0) is 12.1 Å². The molecule has 0 atom stereocenters. The number of nitrogens with two attached hydrogens (primary N) is 1. The van der Waals surface area contributed by atoms with Crippen LogP contribution < -0.4 is 5.73 Å². The summed E-state index contributed by atoms with van der Waals surface area (Å²) in [5, 5.41) is 9.54. The highest BCUT2D eigenvalue weighted by molar-refractivity contribution is 9.10. The number of carbonyl (C=O) groups is 1. The van der Waals surface area contributed by atoms with Gasteiger partial charge in [0.2, 0.25) is 0 Å². The topological polar surface area (TPSA) is 79.1 Å². The van der Waals surface area contributed by atoms with Gasteiger partial charge in [0.15, 0.2) is 0 Å². The fourth-order valence-corrected chi connectivity index (χ4v) is 1.98. The van der Waals surface area contributed by atoms with E-state index in [1.54, 1.807) is 6.07 Å². The smallest absolute Gasteiger partial charge is 0.354 e. The Morgan fingerprint density at radius 1 is 1.50 bits per heavy atom. The molecule has 0 aliphatic heterocycles. The summed E-state index contributed by atoms with van der Waals surface area (Å²) >= 11 is 3.32. The number of aromatic amines is 1. The number of hydrogen-bond acceptors (Lipinski definition) is 2. The third kappa shape index (κ3) is 1.17. The molecule has 5 heteroatoms. The van der Waals surface area contributed by atoms with Gasteiger partial charge in [0, 0.05) is 15.4 Å². The van der Waals surface area contributed by atoms with Crippen LogP contribution in [0.1, 0.15) is 10.5 Å². The molecule has 2 aromatic rings. The minimum atomic E-state index is -1.05. The Kier molecular flexibility index (Phi) is 1.96. The zero-order valence-electron chi connectivity index (χ0n) is 7.04. The van der Waals surface area contributed by atoms with E-state index in [0.29, 0.717) is 10.9 Å². The van der Waals surface area contributed by atoms with Gasteiger partial charge in [-0.2, -0.15) is 0 Å². The van der Waals surface area contributed by atoms with Crippen molar-refractivity contribution in [2.75, 3.05) is 5.73 Å². The molecule has 0 unspecified atom stereocenters. The van der Waals surface area contributed by atoms with E-state index in [-0.39, 0.29) is 11.4 Å². The number of benzene rings is 1. The molecule has 72 valence electrons. The standard InChI is InChI=1S/C9H7BrN2O2/c10-4-2-1-3-5-6(4)7(11)8(12-5)9(13)14/h1-3,12H,11H2,(H,13,14). The molecule has 0 aliphatic rings. The molecule has 0 aliphatic carbocycles. The monoisotopic (exact) mass is 254 g/mol. The van der Waals surface area contributed by atoms with Crippen LogP contribution in [0, 0.1) is 0 Å². The van der Waals surface area contributed by atoms with Crippen molar-refractivity contribution in [2.24, 2.45) is 0 Å². The Labute approximate surface area is 87.9 Å². The largest absolute Gasteiger partial charge is 0.477 e. The molecule has 0 spiro atoms. The third-order valence-corrected chi connectivity index (χ3v) is 2.69. The summed E-state index contributed by atoms with van der Waals surface area (Å²) in [7, 11) is 0. The number of hydrogen-bond donors (Lipinski definition) is 3. The van der Waals surface area contributed by atoms with Gasteiger partial charge in [-0.15, -0.1) is 0 Å². The van der Waals surface area contributed by atoms with E-state index >= 15 is 0 Å². The summed E-state index contributed by atoms with van der Waals surface area (Å²) in [6, 6.07) is 5.41. The number of nitrogens with one attached hydrogen (secondary N) is 1. The molecule has 0 saturated heterocycles. The number of carboxylic acid groups (broad SMARTS) is 1. The molecule has 0 radical (unpaired) electrons. The molecule has 1 aromatic heterocycles. The SMILES string of the molecule is Nc1c(C(=O)O)[nH]c2cccc(Br)c12. The Morgan fingerprint density at radius 2 is 2.21 bits per heavy atom. The zero-order valence-corrected chi connectivity index (χ0v) is 8.63. The molecule has 14 heavy (non-hydrogen) atoms. The number of anilines is 1. The van der Waals surface area contributed by atoms with Gasteiger partial charge in [-0.3, -0.25) is 0 Å². The molecule has 2 rings (SSSR count). The molecule has 4 N–H and O–H groups in total. The number of carboxylic acids is 1. The van der Waals surface area contributed by atoms with Crippen LogP contribution in [0.5, 0.6) is 0 Å². The lowest BCUT2D eigenvalue weighted by atomic mass is 10.2. The maximum atomic E-state index is 10.8. The first-order valence-corrected chi connectivity index (χ1v) is 4.69. The summed E-state index contributed by atoms with van der Waals surface area (Å²) in [6.07, 6.45) is 0. The summed E-state index contributed by atoms with van der Waals surface area (Å²) in [5.74, 6) is -1.05. The lowest BCUT2D eigenvalue weighted by molar-refractivity contribution is 0.0692. The minimum Gasteiger partial charge on any atom is -0.477 e. The van der Waals surface area contributed by atoms with E-state index in [4.69, 9.17) is 10.8 Å². The number of nitrogen functional groups attached to an aromatic ring is 1. The highest BCUT2D eigenvalue weighted by atomic mass is 79.9. The number of rotatable bonds is 1. The Hall–Kier alpha value is -1.49. The number of aromatic nitrogens is 1. The van der Waals surface area contributed by atoms with Gasteiger partial charge in [0.1, 0.15) is 5.69 Å². The van der Waals surface area contributed by atoms with Crippen LogP contribution >= 0.6 is 15.9 Å².